The number of carbonyl (C=O) groups is 1. The van der Waals surface area contributed by atoms with Crippen LogP contribution in [-0.4, -0.2) is 30.3 Å². The maximum atomic E-state index is 13.0. The molecule has 4 rings (SSSR count). The van der Waals surface area contributed by atoms with Gasteiger partial charge in [0.1, 0.15) is 5.75 Å². The van der Waals surface area contributed by atoms with Crippen LogP contribution in [-0.2, 0) is 11.3 Å². The van der Waals surface area contributed by atoms with E-state index in [1.165, 1.54) is 18.2 Å². The van der Waals surface area contributed by atoms with Crippen molar-refractivity contribution < 1.29 is 27.8 Å². The Bertz CT molecular complexity index is 908. The summed E-state index contributed by atoms with van der Waals surface area (Å²) >= 11 is 0. The molecule has 0 radical (unpaired) electrons. The first-order valence-electron chi connectivity index (χ1n) is 10.0. The van der Waals surface area contributed by atoms with Gasteiger partial charge < -0.3 is 19.1 Å². The fourth-order valence-corrected chi connectivity index (χ4v) is 3.86. The molecule has 1 aliphatic carbocycles. The summed E-state index contributed by atoms with van der Waals surface area (Å²) in [6, 6.07) is 12.1. The number of hydrogen-bond donors (Lipinski definition) is 0. The maximum Gasteiger partial charge on any atom is 0.387 e. The molecule has 1 aliphatic heterocycles. The van der Waals surface area contributed by atoms with Crippen LogP contribution in [0.3, 0.4) is 0 Å². The summed E-state index contributed by atoms with van der Waals surface area (Å²) in [5, 5.41) is 0. The van der Waals surface area contributed by atoms with Crippen LogP contribution < -0.4 is 14.2 Å². The van der Waals surface area contributed by atoms with E-state index in [-0.39, 0.29) is 24.5 Å². The molecule has 0 N–H and O–H groups in total. The fourth-order valence-electron chi connectivity index (χ4n) is 3.86. The van der Waals surface area contributed by atoms with Crippen molar-refractivity contribution in [2.45, 2.75) is 44.9 Å². The molecule has 158 valence electrons. The van der Waals surface area contributed by atoms with Gasteiger partial charge in [-0.1, -0.05) is 31.0 Å². The third kappa shape index (κ3) is 4.90. The molecule has 1 fully saturated rings. The van der Waals surface area contributed by atoms with Gasteiger partial charge in [-0.15, -0.1) is 0 Å². The molecule has 0 atom stereocenters. The monoisotopic (exact) mass is 415 g/mol. The third-order valence-corrected chi connectivity index (χ3v) is 5.36. The second kappa shape index (κ2) is 9.15. The molecule has 2 aliphatic rings. The summed E-state index contributed by atoms with van der Waals surface area (Å²) in [5.74, 6) is 1.43. The van der Waals surface area contributed by atoms with Gasteiger partial charge in [0.05, 0.1) is 0 Å². The number of benzene rings is 2. The Morgan fingerprint density at radius 2 is 1.83 bits per heavy atom. The zero-order valence-electron chi connectivity index (χ0n) is 16.4. The van der Waals surface area contributed by atoms with Crippen LogP contribution in [0.2, 0.25) is 0 Å². The minimum absolute atomic E-state index is 0.0764. The molecule has 2 aromatic carbocycles. The van der Waals surface area contributed by atoms with E-state index in [1.54, 1.807) is 18.2 Å². The van der Waals surface area contributed by atoms with Crippen LogP contribution in [0.5, 0.6) is 17.2 Å². The number of halogens is 2. The molecule has 5 nitrogen and oxygen atoms in total. The van der Waals surface area contributed by atoms with Crippen LogP contribution in [0.4, 0.5) is 8.78 Å². The van der Waals surface area contributed by atoms with Gasteiger partial charge in [0.2, 0.25) is 12.7 Å². The van der Waals surface area contributed by atoms with Gasteiger partial charge in [-0.25, -0.2) is 0 Å². The Labute approximate surface area is 173 Å². The van der Waals surface area contributed by atoms with Crippen molar-refractivity contribution in [2.24, 2.45) is 0 Å². The first-order valence-corrected chi connectivity index (χ1v) is 10.0. The smallest absolute Gasteiger partial charge is 0.387 e. The first-order chi connectivity index (χ1) is 14.6. The Morgan fingerprint density at radius 3 is 2.57 bits per heavy atom. The van der Waals surface area contributed by atoms with E-state index in [0.29, 0.717) is 12.3 Å². The Hall–Kier alpha value is -3.09. The van der Waals surface area contributed by atoms with Gasteiger partial charge in [-0.2, -0.15) is 8.78 Å². The predicted octanol–water partition coefficient (Wildman–Crippen LogP) is 5.00. The average molecular weight is 415 g/mol. The SMILES string of the molecule is O=C(/C=C/c1ccc(OC(F)F)cc1)N(Cc1ccc2c(c1)OCO2)C1CCCC1. The molecular weight excluding hydrogens is 392 g/mol. The van der Waals surface area contributed by atoms with Gasteiger partial charge in [0.15, 0.2) is 11.5 Å². The van der Waals surface area contributed by atoms with Crippen molar-refractivity contribution in [1.82, 2.24) is 4.90 Å². The van der Waals surface area contributed by atoms with E-state index in [1.807, 2.05) is 23.1 Å². The van der Waals surface area contributed by atoms with E-state index in [0.717, 1.165) is 42.6 Å². The minimum Gasteiger partial charge on any atom is -0.454 e. The molecule has 7 heteroatoms. The van der Waals surface area contributed by atoms with Crippen molar-refractivity contribution in [2.75, 3.05) is 6.79 Å². The van der Waals surface area contributed by atoms with Crippen LogP contribution in [0.15, 0.2) is 48.5 Å². The lowest BCUT2D eigenvalue weighted by Crippen LogP contribution is -2.37. The fraction of sp³-hybridized carbons (Fsp3) is 0.348. The number of fused-ring (bicyclic) bond motifs is 1. The number of carbonyl (C=O) groups excluding carboxylic acids is 1. The lowest BCUT2D eigenvalue weighted by Gasteiger charge is -2.28. The summed E-state index contributed by atoms with van der Waals surface area (Å²) < 4.78 is 39.7. The van der Waals surface area contributed by atoms with Crippen LogP contribution in [0.1, 0.15) is 36.8 Å². The topological polar surface area (TPSA) is 48.0 Å². The third-order valence-electron chi connectivity index (χ3n) is 5.36. The predicted molar refractivity (Wildman–Crippen MR) is 107 cm³/mol. The molecule has 0 saturated heterocycles. The van der Waals surface area contributed by atoms with Crippen molar-refractivity contribution in [3.63, 3.8) is 0 Å². The molecule has 1 heterocycles. The lowest BCUT2D eigenvalue weighted by atomic mass is 10.1. The molecule has 0 bridgehead atoms. The quantitative estimate of drug-likeness (QED) is 0.597. The van der Waals surface area contributed by atoms with E-state index >= 15 is 0 Å². The minimum atomic E-state index is -2.86. The highest BCUT2D eigenvalue weighted by atomic mass is 19.3. The second-order valence-corrected chi connectivity index (χ2v) is 7.37. The van der Waals surface area contributed by atoms with E-state index < -0.39 is 6.61 Å². The Morgan fingerprint density at radius 1 is 1.10 bits per heavy atom. The molecule has 2 aromatic rings. The van der Waals surface area contributed by atoms with Crippen LogP contribution in [0.25, 0.3) is 6.08 Å². The number of rotatable bonds is 7. The molecule has 0 aromatic heterocycles. The number of alkyl halides is 2. The highest BCUT2D eigenvalue weighted by Crippen LogP contribution is 2.34. The van der Waals surface area contributed by atoms with Gasteiger partial charge in [-0.3, -0.25) is 4.79 Å². The van der Waals surface area contributed by atoms with Crippen molar-refractivity contribution in [3.8, 4) is 17.2 Å². The van der Waals surface area contributed by atoms with Crippen molar-refractivity contribution in [1.29, 1.82) is 0 Å². The highest BCUT2D eigenvalue weighted by Gasteiger charge is 2.26. The molecule has 1 amide bonds. The Kier molecular flexibility index (Phi) is 6.16. The second-order valence-electron chi connectivity index (χ2n) is 7.37. The standard InChI is InChI=1S/C23H23F2NO4/c24-23(25)30-19-9-5-16(6-10-19)8-12-22(27)26(18-3-1-2-4-18)14-17-7-11-20-21(13-17)29-15-28-20/h5-13,18,23H,1-4,14-15H2/b12-8+. The van der Waals surface area contributed by atoms with E-state index in [9.17, 15) is 13.6 Å². The van der Waals surface area contributed by atoms with Crippen molar-refractivity contribution >= 4 is 12.0 Å². The van der Waals surface area contributed by atoms with Gasteiger partial charge in [-0.05, 0) is 54.3 Å². The molecular formula is C23H23F2NO4. The summed E-state index contributed by atoms with van der Waals surface area (Å²) in [6.07, 6.45) is 7.44. The zero-order valence-corrected chi connectivity index (χ0v) is 16.4. The van der Waals surface area contributed by atoms with Crippen LogP contribution >= 0.6 is 0 Å². The van der Waals surface area contributed by atoms with Crippen molar-refractivity contribution in [3.05, 3.63) is 59.7 Å². The molecule has 30 heavy (non-hydrogen) atoms. The summed E-state index contributed by atoms with van der Waals surface area (Å²) in [7, 11) is 0. The normalized spacial score (nSPS) is 15.8. The average Bonchev–Trinajstić information content (AvgIpc) is 3.42. The first kappa shape index (κ1) is 20.2. The van der Waals surface area contributed by atoms with Gasteiger partial charge in [0, 0.05) is 18.7 Å². The maximum absolute atomic E-state index is 13.0. The lowest BCUT2D eigenvalue weighted by molar-refractivity contribution is -0.128. The number of nitrogens with zero attached hydrogens (tertiary/aromatic N) is 1. The highest BCUT2D eigenvalue weighted by molar-refractivity contribution is 5.92. The summed E-state index contributed by atoms with van der Waals surface area (Å²) in [4.78, 5) is 14.9. The largest absolute Gasteiger partial charge is 0.454 e. The number of ether oxygens (including phenoxy) is 3. The Balaban J connectivity index is 1.46. The summed E-state index contributed by atoms with van der Waals surface area (Å²) in [5.41, 5.74) is 1.72. The number of hydrogen-bond acceptors (Lipinski definition) is 4. The van der Waals surface area contributed by atoms with E-state index in [2.05, 4.69) is 4.74 Å². The zero-order chi connectivity index (χ0) is 20.9. The molecule has 0 unspecified atom stereocenters. The van der Waals surface area contributed by atoms with Gasteiger partial charge in [0.25, 0.3) is 0 Å². The molecule has 1 saturated carbocycles. The van der Waals surface area contributed by atoms with E-state index in [4.69, 9.17) is 9.47 Å². The molecule has 0 spiro atoms. The van der Waals surface area contributed by atoms with Crippen LogP contribution in [0, 0.1) is 0 Å². The number of amides is 1. The van der Waals surface area contributed by atoms with Gasteiger partial charge >= 0.3 is 6.61 Å². The summed E-state index contributed by atoms with van der Waals surface area (Å²) in [6.45, 7) is -2.15.